The minimum absolute atomic E-state index is 0.0753. The van der Waals surface area contributed by atoms with Crippen molar-refractivity contribution in [2.24, 2.45) is 0 Å². The van der Waals surface area contributed by atoms with Gasteiger partial charge >= 0.3 is 0 Å². The van der Waals surface area contributed by atoms with E-state index in [0.717, 1.165) is 40.7 Å². The van der Waals surface area contributed by atoms with Crippen LogP contribution >= 0.6 is 0 Å². The number of fused-ring (bicyclic) bond motifs is 1. The van der Waals surface area contributed by atoms with Gasteiger partial charge < -0.3 is 0 Å². The van der Waals surface area contributed by atoms with Crippen molar-refractivity contribution in [1.82, 2.24) is 24.0 Å². The lowest BCUT2D eigenvalue weighted by Gasteiger charge is -2.41. The summed E-state index contributed by atoms with van der Waals surface area (Å²) in [7, 11) is -3.64. The van der Waals surface area contributed by atoms with Crippen molar-refractivity contribution in [1.29, 1.82) is 0 Å². The highest BCUT2D eigenvalue weighted by molar-refractivity contribution is 7.89. The van der Waals surface area contributed by atoms with E-state index in [-0.39, 0.29) is 16.8 Å². The zero-order chi connectivity index (χ0) is 24.6. The summed E-state index contributed by atoms with van der Waals surface area (Å²) >= 11 is 0. The van der Waals surface area contributed by atoms with E-state index in [1.54, 1.807) is 45.6 Å². The Balaban J connectivity index is 1.52. The molecule has 0 spiro atoms. The third-order valence-corrected chi connectivity index (χ3v) is 8.47. The Bertz CT molecular complexity index is 1440. The number of rotatable bonds is 6. The molecule has 1 fully saturated rings. The van der Waals surface area contributed by atoms with Gasteiger partial charge in [0.1, 0.15) is 10.7 Å². The molecular formula is C26H28FN5O2S. The van der Waals surface area contributed by atoms with Crippen LogP contribution in [0.2, 0.25) is 0 Å². The Morgan fingerprint density at radius 3 is 2.60 bits per heavy atom. The minimum atomic E-state index is -3.64. The summed E-state index contributed by atoms with van der Waals surface area (Å²) < 4.78 is 43.5. The Hall–Kier alpha value is -3.14. The lowest BCUT2D eigenvalue weighted by atomic mass is 9.96. The van der Waals surface area contributed by atoms with Crippen LogP contribution in [-0.4, -0.2) is 58.6 Å². The number of aromatic nitrogens is 3. The van der Waals surface area contributed by atoms with Crippen LogP contribution < -0.4 is 0 Å². The molecule has 1 aliphatic heterocycles. The van der Waals surface area contributed by atoms with Crippen molar-refractivity contribution in [3.63, 3.8) is 0 Å². The maximum atomic E-state index is 13.4. The Labute approximate surface area is 204 Å². The first-order valence-corrected chi connectivity index (χ1v) is 13.2. The van der Waals surface area contributed by atoms with Gasteiger partial charge in [0.05, 0.1) is 17.4 Å². The fourth-order valence-corrected chi connectivity index (χ4v) is 6.26. The molecule has 1 aliphatic rings. The van der Waals surface area contributed by atoms with Crippen LogP contribution in [0.25, 0.3) is 16.6 Å². The van der Waals surface area contributed by atoms with E-state index in [4.69, 9.17) is 0 Å². The van der Waals surface area contributed by atoms with Gasteiger partial charge in [0.15, 0.2) is 0 Å². The Morgan fingerprint density at radius 1 is 1.09 bits per heavy atom. The first-order valence-electron chi connectivity index (χ1n) is 11.8. The zero-order valence-corrected chi connectivity index (χ0v) is 20.6. The summed E-state index contributed by atoms with van der Waals surface area (Å²) in [5, 5.41) is 5.50. The lowest BCUT2D eigenvalue weighted by Crippen LogP contribution is -2.50. The van der Waals surface area contributed by atoms with Gasteiger partial charge in [0.2, 0.25) is 10.0 Å². The highest BCUT2D eigenvalue weighted by Gasteiger charge is 2.35. The van der Waals surface area contributed by atoms with E-state index in [1.165, 1.54) is 18.3 Å². The smallest absolute Gasteiger partial charge is 0.244 e. The van der Waals surface area contributed by atoms with E-state index >= 15 is 0 Å². The molecule has 7 nitrogen and oxygen atoms in total. The van der Waals surface area contributed by atoms with Crippen molar-refractivity contribution >= 4 is 20.9 Å². The van der Waals surface area contributed by atoms with Crippen LogP contribution in [0.4, 0.5) is 4.39 Å². The SMILES string of the molecule is CCCN1CCN(S(=O)(=O)c2cccnc2)C[C@H]1c1cc2cnn(-c3ccc(F)cc3)c2cc1C. The van der Waals surface area contributed by atoms with Crippen molar-refractivity contribution in [2.45, 2.75) is 31.2 Å². The third-order valence-electron chi connectivity index (χ3n) is 6.62. The van der Waals surface area contributed by atoms with Crippen molar-refractivity contribution in [3.8, 4) is 5.69 Å². The summed E-state index contributed by atoms with van der Waals surface area (Å²) in [6.07, 6.45) is 5.77. The van der Waals surface area contributed by atoms with Gasteiger partial charge in [0.25, 0.3) is 0 Å². The number of hydrogen-bond donors (Lipinski definition) is 0. The second-order valence-electron chi connectivity index (χ2n) is 8.90. The molecule has 0 saturated carbocycles. The molecule has 0 radical (unpaired) electrons. The van der Waals surface area contributed by atoms with E-state index in [2.05, 4.69) is 41.0 Å². The molecule has 0 bridgehead atoms. The van der Waals surface area contributed by atoms with Gasteiger partial charge in [-0.1, -0.05) is 6.92 Å². The number of hydrogen-bond acceptors (Lipinski definition) is 5. The topological polar surface area (TPSA) is 71.3 Å². The van der Waals surface area contributed by atoms with Crippen LogP contribution in [0.1, 0.15) is 30.5 Å². The van der Waals surface area contributed by atoms with Gasteiger partial charge in [-0.25, -0.2) is 17.5 Å². The molecule has 182 valence electrons. The molecule has 5 rings (SSSR count). The number of aryl methyl sites for hydroxylation is 1. The van der Waals surface area contributed by atoms with Crippen LogP contribution in [0.15, 0.2) is 72.0 Å². The van der Waals surface area contributed by atoms with Gasteiger partial charge in [0, 0.05) is 43.5 Å². The van der Waals surface area contributed by atoms with Gasteiger partial charge in [-0.2, -0.15) is 9.40 Å². The highest BCUT2D eigenvalue weighted by atomic mass is 32.2. The van der Waals surface area contributed by atoms with Gasteiger partial charge in [-0.15, -0.1) is 0 Å². The zero-order valence-electron chi connectivity index (χ0n) is 19.8. The number of nitrogens with zero attached hydrogens (tertiary/aromatic N) is 5. The molecule has 2 aromatic carbocycles. The first kappa shape index (κ1) is 23.6. The second-order valence-corrected chi connectivity index (χ2v) is 10.8. The third kappa shape index (κ3) is 4.47. The number of pyridine rings is 1. The molecule has 0 amide bonds. The van der Waals surface area contributed by atoms with Crippen LogP contribution in [0.5, 0.6) is 0 Å². The highest BCUT2D eigenvalue weighted by Crippen LogP contribution is 2.33. The van der Waals surface area contributed by atoms with Crippen molar-refractivity contribution < 1.29 is 12.8 Å². The molecule has 9 heteroatoms. The number of halogens is 1. The van der Waals surface area contributed by atoms with Gasteiger partial charge in [-0.3, -0.25) is 9.88 Å². The summed E-state index contributed by atoms with van der Waals surface area (Å²) in [5.41, 5.74) is 3.87. The largest absolute Gasteiger partial charge is 0.294 e. The molecule has 0 aliphatic carbocycles. The van der Waals surface area contributed by atoms with Crippen molar-refractivity contribution in [2.75, 3.05) is 26.2 Å². The quantitative estimate of drug-likeness (QED) is 0.400. The molecule has 35 heavy (non-hydrogen) atoms. The van der Waals surface area contributed by atoms with E-state index in [9.17, 15) is 12.8 Å². The standard InChI is InChI=1S/C26H28FN5O2S/c1-3-11-30-12-13-31(35(33,34)23-5-4-10-28-17-23)18-26(30)24-15-20-16-29-32(25(20)14-19(24)2)22-8-6-21(27)7-9-22/h4-10,14-17,26H,3,11-13,18H2,1-2H3/t26-/m0/s1. The average Bonchev–Trinajstić information content (AvgIpc) is 3.27. The molecule has 0 N–H and O–H groups in total. The molecule has 4 aromatic rings. The summed E-state index contributed by atoms with van der Waals surface area (Å²) in [6.45, 7) is 6.54. The number of piperazine rings is 1. The summed E-state index contributed by atoms with van der Waals surface area (Å²) in [4.78, 5) is 6.59. The molecular weight excluding hydrogens is 465 g/mol. The van der Waals surface area contributed by atoms with Crippen molar-refractivity contribution in [3.05, 3.63) is 84.1 Å². The maximum Gasteiger partial charge on any atom is 0.244 e. The molecule has 0 unspecified atom stereocenters. The monoisotopic (exact) mass is 493 g/mol. The summed E-state index contributed by atoms with van der Waals surface area (Å²) in [5.74, 6) is -0.289. The Kier molecular flexibility index (Phi) is 6.39. The minimum Gasteiger partial charge on any atom is -0.294 e. The molecule has 3 heterocycles. The molecule has 2 aromatic heterocycles. The normalized spacial score (nSPS) is 17.7. The number of sulfonamides is 1. The van der Waals surface area contributed by atoms with Crippen LogP contribution in [-0.2, 0) is 10.0 Å². The van der Waals surface area contributed by atoms with Crippen LogP contribution in [0, 0.1) is 12.7 Å². The van der Waals surface area contributed by atoms with Crippen LogP contribution in [0.3, 0.4) is 0 Å². The fourth-order valence-electron chi connectivity index (χ4n) is 4.86. The predicted molar refractivity (Wildman–Crippen MR) is 133 cm³/mol. The number of benzene rings is 2. The van der Waals surface area contributed by atoms with Gasteiger partial charge in [-0.05, 0) is 79.5 Å². The average molecular weight is 494 g/mol. The molecule has 1 saturated heterocycles. The van der Waals surface area contributed by atoms with E-state index < -0.39 is 10.0 Å². The summed E-state index contributed by atoms with van der Waals surface area (Å²) in [6, 6.07) is 13.6. The van der Waals surface area contributed by atoms with E-state index in [1.807, 2.05) is 0 Å². The fraction of sp³-hybridized carbons (Fsp3) is 0.308. The lowest BCUT2D eigenvalue weighted by molar-refractivity contribution is 0.118. The second kappa shape index (κ2) is 9.49. The van der Waals surface area contributed by atoms with E-state index in [0.29, 0.717) is 19.6 Å². The maximum absolute atomic E-state index is 13.4. The predicted octanol–water partition coefficient (Wildman–Crippen LogP) is 4.33. The first-order chi connectivity index (χ1) is 16.9. The molecule has 1 atom stereocenters. The Morgan fingerprint density at radius 2 is 1.89 bits per heavy atom.